The van der Waals surface area contributed by atoms with Gasteiger partial charge < -0.3 is 4.98 Å². The number of aromatic nitrogens is 3. The Kier molecular flexibility index (Phi) is 8.63. The quantitative estimate of drug-likeness (QED) is 0.163. The summed E-state index contributed by atoms with van der Waals surface area (Å²) >= 11 is 3.85. The van der Waals surface area contributed by atoms with Gasteiger partial charge in [0.2, 0.25) is 0 Å². The third-order valence-electron chi connectivity index (χ3n) is 7.60. The molecule has 215 valence electrons. The molecular formula is C39H27BrIrN3-. The SMILES string of the molecule is Cc1cc(C)cc(-c2ccccc2-c2c[c-]c(-c3ccc(-c4nc(-c5ccccc5)c5ccccc5n4)cn3)cc2Br)c1.[Ir]. The van der Waals surface area contributed by atoms with Gasteiger partial charge in [0.15, 0.2) is 5.82 Å². The van der Waals surface area contributed by atoms with Crippen molar-refractivity contribution in [2.24, 2.45) is 0 Å². The van der Waals surface area contributed by atoms with E-state index >= 15 is 0 Å². The summed E-state index contributed by atoms with van der Waals surface area (Å²) in [6.45, 7) is 4.29. The van der Waals surface area contributed by atoms with Crippen LogP contribution in [-0.2, 0) is 20.1 Å². The van der Waals surface area contributed by atoms with Crippen LogP contribution in [0.5, 0.6) is 0 Å². The number of hydrogen-bond donors (Lipinski definition) is 0. The first kappa shape index (κ1) is 29.8. The Morgan fingerprint density at radius 1 is 0.614 bits per heavy atom. The Labute approximate surface area is 279 Å². The first-order valence-electron chi connectivity index (χ1n) is 14.2. The number of fused-ring (bicyclic) bond motifs is 1. The molecule has 3 nitrogen and oxygen atoms in total. The maximum absolute atomic E-state index is 4.98. The van der Waals surface area contributed by atoms with Crippen molar-refractivity contribution in [3.8, 4) is 56.2 Å². The molecule has 2 aromatic heterocycles. The minimum absolute atomic E-state index is 0. The van der Waals surface area contributed by atoms with Gasteiger partial charge in [-0.1, -0.05) is 146 Å². The van der Waals surface area contributed by atoms with Gasteiger partial charge in [0.25, 0.3) is 0 Å². The van der Waals surface area contributed by atoms with E-state index in [1.54, 1.807) is 0 Å². The van der Waals surface area contributed by atoms with Gasteiger partial charge in [-0.25, -0.2) is 9.97 Å². The molecule has 0 spiro atoms. The van der Waals surface area contributed by atoms with Crippen LogP contribution in [0.3, 0.4) is 0 Å². The molecule has 0 atom stereocenters. The van der Waals surface area contributed by atoms with Crippen molar-refractivity contribution < 1.29 is 20.1 Å². The molecule has 7 aromatic rings. The molecule has 7 rings (SSSR count). The van der Waals surface area contributed by atoms with Crippen molar-refractivity contribution in [3.63, 3.8) is 0 Å². The summed E-state index contributed by atoms with van der Waals surface area (Å²) in [5.41, 5.74) is 12.7. The Balaban J connectivity index is 0.00000343. The van der Waals surface area contributed by atoms with Crippen LogP contribution < -0.4 is 0 Å². The molecular weight excluding hydrogens is 783 g/mol. The number of pyridine rings is 1. The standard InChI is InChI=1S/C39H27BrN3.Ir/c1-25-20-26(2)22-30(21-25)31-12-6-7-13-32(31)33-18-16-28(23-35(33)40)36-19-17-29(24-41-36)39-42-37-15-9-8-14-34(37)38(43-39)27-10-4-3-5-11-27;/h3-15,17-24H,1-2H3;/q-1;. The van der Waals surface area contributed by atoms with Crippen LogP contribution in [0, 0.1) is 19.9 Å². The van der Waals surface area contributed by atoms with Gasteiger partial charge in [-0.3, -0.25) is 0 Å². The Bertz CT molecular complexity index is 2090. The number of para-hydroxylation sites is 1. The summed E-state index contributed by atoms with van der Waals surface area (Å²) in [4.78, 5) is 14.7. The molecule has 0 amide bonds. The Morgan fingerprint density at radius 3 is 2.05 bits per heavy atom. The van der Waals surface area contributed by atoms with Crippen molar-refractivity contribution in [3.05, 3.63) is 149 Å². The van der Waals surface area contributed by atoms with Crippen LogP contribution in [0.4, 0.5) is 0 Å². The van der Waals surface area contributed by atoms with E-state index in [0.29, 0.717) is 5.82 Å². The smallest absolute Gasteiger partial charge is 0.161 e. The minimum Gasteiger partial charge on any atom is -0.304 e. The van der Waals surface area contributed by atoms with Crippen LogP contribution >= 0.6 is 15.9 Å². The molecule has 44 heavy (non-hydrogen) atoms. The van der Waals surface area contributed by atoms with Gasteiger partial charge >= 0.3 is 0 Å². The van der Waals surface area contributed by atoms with E-state index < -0.39 is 0 Å². The van der Waals surface area contributed by atoms with Crippen molar-refractivity contribution >= 4 is 26.8 Å². The van der Waals surface area contributed by atoms with Crippen LogP contribution in [0.15, 0.2) is 132 Å². The van der Waals surface area contributed by atoms with Crippen LogP contribution in [0.1, 0.15) is 11.1 Å². The second kappa shape index (κ2) is 12.8. The predicted molar refractivity (Wildman–Crippen MR) is 181 cm³/mol. The van der Waals surface area contributed by atoms with E-state index in [-0.39, 0.29) is 20.1 Å². The fourth-order valence-corrected chi connectivity index (χ4v) is 6.18. The average molecular weight is 810 g/mol. The topological polar surface area (TPSA) is 38.7 Å². The van der Waals surface area contributed by atoms with E-state index in [9.17, 15) is 0 Å². The van der Waals surface area contributed by atoms with Gasteiger partial charge in [-0.2, -0.15) is 0 Å². The van der Waals surface area contributed by atoms with Crippen molar-refractivity contribution in [1.82, 2.24) is 15.0 Å². The number of halogens is 1. The van der Waals surface area contributed by atoms with Crippen molar-refractivity contribution in [2.75, 3.05) is 0 Å². The number of benzene rings is 5. The normalized spacial score (nSPS) is 10.9. The zero-order valence-electron chi connectivity index (χ0n) is 24.2. The van der Waals surface area contributed by atoms with E-state index in [2.05, 4.69) is 109 Å². The number of nitrogens with zero attached hydrogens (tertiary/aromatic N) is 3. The second-order valence-electron chi connectivity index (χ2n) is 10.7. The van der Waals surface area contributed by atoms with Crippen LogP contribution in [-0.4, -0.2) is 15.0 Å². The summed E-state index contributed by atoms with van der Waals surface area (Å²) in [6, 6.07) is 45.3. The number of rotatable bonds is 5. The van der Waals surface area contributed by atoms with E-state index in [1.165, 1.54) is 22.3 Å². The maximum Gasteiger partial charge on any atom is 0.161 e. The van der Waals surface area contributed by atoms with Crippen LogP contribution in [0.25, 0.3) is 67.1 Å². The molecule has 0 aliphatic carbocycles. The molecule has 2 heterocycles. The molecule has 5 aromatic carbocycles. The predicted octanol–water partition coefficient (Wildman–Crippen LogP) is 10.5. The monoisotopic (exact) mass is 809 g/mol. The van der Waals surface area contributed by atoms with Gasteiger partial charge in [0.1, 0.15) is 0 Å². The van der Waals surface area contributed by atoms with E-state index in [1.807, 2.05) is 54.7 Å². The molecule has 0 aliphatic heterocycles. The zero-order chi connectivity index (χ0) is 29.3. The molecule has 0 aliphatic rings. The molecule has 5 heteroatoms. The van der Waals surface area contributed by atoms with E-state index in [0.717, 1.165) is 54.6 Å². The fourth-order valence-electron chi connectivity index (χ4n) is 5.63. The first-order valence-corrected chi connectivity index (χ1v) is 15.0. The molecule has 0 fully saturated rings. The minimum atomic E-state index is 0. The second-order valence-corrected chi connectivity index (χ2v) is 11.6. The van der Waals surface area contributed by atoms with E-state index in [4.69, 9.17) is 15.0 Å². The number of aryl methyl sites for hydroxylation is 2. The largest absolute Gasteiger partial charge is 0.304 e. The van der Waals surface area contributed by atoms with Gasteiger partial charge in [-0.05, 0) is 36.7 Å². The zero-order valence-corrected chi connectivity index (χ0v) is 28.2. The summed E-state index contributed by atoms with van der Waals surface area (Å²) in [7, 11) is 0. The summed E-state index contributed by atoms with van der Waals surface area (Å²) in [5, 5.41) is 1.03. The van der Waals surface area contributed by atoms with Gasteiger partial charge in [0, 0.05) is 42.8 Å². The third-order valence-corrected chi connectivity index (χ3v) is 8.25. The average Bonchev–Trinajstić information content (AvgIpc) is 3.04. The molecule has 0 unspecified atom stereocenters. The summed E-state index contributed by atoms with van der Waals surface area (Å²) in [6.07, 6.45) is 1.85. The van der Waals surface area contributed by atoms with Gasteiger partial charge in [0.05, 0.1) is 11.2 Å². The van der Waals surface area contributed by atoms with Gasteiger partial charge in [-0.15, -0.1) is 23.8 Å². The molecule has 0 N–H and O–H groups in total. The Morgan fingerprint density at radius 2 is 1.32 bits per heavy atom. The molecule has 0 saturated heterocycles. The maximum atomic E-state index is 4.98. The third kappa shape index (κ3) is 5.92. The molecule has 0 saturated carbocycles. The Hall–Kier alpha value is -4.28. The van der Waals surface area contributed by atoms with Crippen LogP contribution in [0.2, 0.25) is 0 Å². The molecule has 0 bridgehead atoms. The van der Waals surface area contributed by atoms with Crippen molar-refractivity contribution in [2.45, 2.75) is 13.8 Å². The fraction of sp³-hybridized carbons (Fsp3) is 0.0513. The first-order chi connectivity index (χ1) is 21.0. The summed E-state index contributed by atoms with van der Waals surface area (Å²) < 4.78 is 0.995. The summed E-state index contributed by atoms with van der Waals surface area (Å²) in [5.74, 6) is 0.653. The number of hydrogen-bond acceptors (Lipinski definition) is 3. The molecule has 1 radical (unpaired) electrons. The van der Waals surface area contributed by atoms with Crippen molar-refractivity contribution in [1.29, 1.82) is 0 Å².